The van der Waals surface area contributed by atoms with E-state index in [1.54, 1.807) is 18.3 Å². The number of halogens is 1. The van der Waals surface area contributed by atoms with Crippen molar-refractivity contribution in [2.24, 2.45) is 7.05 Å². The highest BCUT2D eigenvalue weighted by Gasteiger charge is 2.09. The van der Waals surface area contributed by atoms with Crippen LogP contribution in [-0.4, -0.2) is 21.3 Å². The molecule has 0 aliphatic carbocycles. The molecule has 1 N–H and O–H groups in total. The molecule has 0 amide bonds. The third-order valence-corrected chi connectivity index (χ3v) is 2.71. The number of para-hydroxylation sites is 1. The minimum absolute atomic E-state index is 0.120. The molecule has 96 valence electrons. The molecule has 0 unspecified atom stereocenters. The first-order chi connectivity index (χ1) is 8.72. The smallest absolute Gasteiger partial charge is 0.165 e. The fourth-order valence-corrected chi connectivity index (χ4v) is 1.72. The zero-order valence-corrected chi connectivity index (χ0v) is 10.1. The van der Waals surface area contributed by atoms with Gasteiger partial charge in [0.25, 0.3) is 0 Å². The molecule has 0 radical (unpaired) electrons. The van der Waals surface area contributed by atoms with Crippen molar-refractivity contribution < 1.29 is 14.2 Å². The number of nitrogens with zero attached hydrogens (tertiary/aromatic N) is 2. The maximum atomic E-state index is 13.5. The lowest BCUT2D eigenvalue weighted by atomic mass is 10.2. The third kappa shape index (κ3) is 2.68. The lowest BCUT2D eigenvalue weighted by Crippen LogP contribution is -2.08. The summed E-state index contributed by atoms with van der Waals surface area (Å²) in [7, 11) is 1.89. The number of hydrogen-bond donors (Lipinski definition) is 1. The molecule has 0 saturated carbocycles. The first-order valence-electron chi connectivity index (χ1n) is 5.69. The van der Waals surface area contributed by atoms with Gasteiger partial charge in [-0.1, -0.05) is 12.1 Å². The van der Waals surface area contributed by atoms with Gasteiger partial charge in [-0.2, -0.15) is 0 Å². The molecule has 2 rings (SSSR count). The van der Waals surface area contributed by atoms with E-state index in [0.29, 0.717) is 18.6 Å². The van der Waals surface area contributed by atoms with Crippen molar-refractivity contribution in [3.05, 3.63) is 47.8 Å². The van der Waals surface area contributed by atoms with Gasteiger partial charge in [-0.05, 0) is 6.07 Å². The van der Waals surface area contributed by atoms with Crippen LogP contribution in [0.25, 0.3) is 0 Å². The Labute approximate surface area is 105 Å². The van der Waals surface area contributed by atoms with E-state index in [9.17, 15) is 4.39 Å². The van der Waals surface area contributed by atoms with Crippen molar-refractivity contribution in [3.63, 3.8) is 0 Å². The molecule has 0 bridgehead atoms. The van der Waals surface area contributed by atoms with Gasteiger partial charge in [-0.15, -0.1) is 0 Å². The number of ether oxygens (including phenoxy) is 1. The predicted octanol–water partition coefficient (Wildman–Crippen LogP) is 1.67. The Hall–Kier alpha value is -1.88. The molecule has 4 nitrogen and oxygen atoms in total. The predicted molar refractivity (Wildman–Crippen MR) is 64.7 cm³/mol. The fourth-order valence-electron chi connectivity index (χ4n) is 1.72. The number of aliphatic hydroxyl groups is 1. The first kappa shape index (κ1) is 12.6. The number of imidazole rings is 1. The first-order valence-corrected chi connectivity index (χ1v) is 5.69. The molecule has 1 aromatic heterocycles. The van der Waals surface area contributed by atoms with Gasteiger partial charge in [0.15, 0.2) is 11.6 Å². The monoisotopic (exact) mass is 250 g/mol. The minimum atomic E-state index is -0.457. The highest BCUT2D eigenvalue weighted by molar-refractivity contribution is 5.34. The van der Waals surface area contributed by atoms with Gasteiger partial charge in [0.2, 0.25) is 0 Å². The molecule has 18 heavy (non-hydrogen) atoms. The molecule has 5 heteroatoms. The van der Waals surface area contributed by atoms with Crippen LogP contribution in [0.5, 0.6) is 5.75 Å². The molecule has 0 spiro atoms. The Morgan fingerprint density at radius 3 is 2.94 bits per heavy atom. The van der Waals surface area contributed by atoms with Crippen LogP contribution >= 0.6 is 0 Å². The van der Waals surface area contributed by atoms with E-state index in [-0.39, 0.29) is 12.4 Å². The molecule has 0 fully saturated rings. The second-order valence-corrected chi connectivity index (χ2v) is 3.94. The zero-order chi connectivity index (χ0) is 13.0. The minimum Gasteiger partial charge on any atom is -0.490 e. The number of aryl methyl sites for hydroxylation is 1. The van der Waals surface area contributed by atoms with Gasteiger partial charge >= 0.3 is 0 Å². The van der Waals surface area contributed by atoms with E-state index in [0.717, 1.165) is 5.82 Å². The summed E-state index contributed by atoms with van der Waals surface area (Å²) >= 11 is 0. The highest BCUT2D eigenvalue weighted by Crippen LogP contribution is 2.22. The number of aromatic nitrogens is 2. The van der Waals surface area contributed by atoms with Gasteiger partial charge in [-0.25, -0.2) is 9.37 Å². The maximum Gasteiger partial charge on any atom is 0.165 e. The van der Waals surface area contributed by atoms with Gasteiger partial charge < -0.3 is 14.4 Å². The van der Waals surface area contributed by atoms with E-state index in [2.05, 4.69) is 4.98 Å². The van der Waals surface area contributed by atoms with Crippen LogP contribution in [0.1, 0.15) is 11.4 Å². The molecular weight excluding hydrogens is 235 g/mol. The van der Waals surface area contributed by atoms with Gasteiger partial charge in [0.1, 0.15) is 5.82 Å². The Kier molecular flexibility index (Phi) is 3.94. The molecule has 0 atom stereocenters. The molecule has 1 aromatic carbocycles. The number of aliphatic hydroxyl groups excluding tert-OH is 1. The summed E-state index contributed by atoms with van der Waals surface area (Å²) in [4.78, 5) is 4.15. The van der Waals surface area contributed by atoms with E-state index in [1.807, 2.05) is 17.8 Å². The summed E-state index contributed by atoms with van der Waals surface area (Å²) in [5, 5.41) is 9.11. The van der Waals surface area contributed by atoms with E-state index in [1.165, 1.54) is 6.07 Å². The van der Waals surface area contributed by atoms with Crippen LogP contribution in [0, 0.1) is 5.82 Å². The Bertz CT molecular complexity index is 525. The van der Waals surface area contributed by atoms with Crippen LogP contribution < -0.4 is 4.74 Å². The second-order valence-electron chi connectivity index (χ2n) is 3.94. The quantitative estimate of drug-likeness (QED) is 0.878. The molecule has 2 aromatic rings. The molecular formula is C13H15FN2O2. The van der Waals surface area contributed by atoms with E-state index < -0.39 is 5.82 Å². The van der Waals surface area contributed by atoms with Crippen molar-refractivity contribution in [3.8, 4) is 5.75 Å². The Morgan fingerprint density at radius 2 is 2.28 bits per heavy atom. The maximum absolute atomic E-state index is 13.5. The molecule has 0 aliphatic rings. The summed E-state index contributed by atoms with van der Waals surface area (Å²) in [6.45, 7) is 0.0777. The van der Waals surface area contributed by atoms with Crippen LogP contribution in [0.4, 0.5) is 4.39 Å². The average molecular weight is 250 g/mol. The molecule has 0 saturated heterocycles. The van der Waals surface area contributed by atoms with Gasteiger partial charge in [0.05, 0.1) is 13.2 Å². The van der Waals surface area contributed by atoms with Crippen LogP contribution in [0.2, 0.25) is 0 Å². The molecule has 1 heterocycles. The highest BCUT2D eigenvalue weighted by atomic mass is 19.1. The number of rotatable bonds is 5. The second kappa shape index (κ2) is 5.64. The van der Waals surface area contributed by atoms with Crippen molar-refractivity contribution in [1.29, 1.82) is 0 Å². The number of hydrogen-bond acceptors (Lipinski definition) is 3. The average Bonchev–Trinajstić information content (AvgIpc) is 2.77. The summed E-state index contributed by atoms with van der Waals surface area (Å²) in [5.74, 6) is 0.535. The summed E-state index contributed by atoms with van der Waals surface area (Å²) < 4.78 is 20.8. The summed E-state index contributed by atoms with van der Waals surface area (Å²) in [6, 6.07) is 4.50. The third-order valence-electron chi connectivity index (χ3n) is 2.71. The Balaban J connectivity index is 2.00. The molecule has 0 aliphatic heterocycles. The van der Waals surface area contributed by atoms with Crippen LogP contribution in [-0.2, 0) is 20.1 Å². The normalized spacial score (nSPS) is 10.6. The Morgan fingerprint density at radius 1 is 1.44 bits per heavy atom. The SMILES string of the molecule is Cn1ccnc1CCOc1c(F)cccc1CO. The topological polar surface area (TPSA) is 47.3 Å². The van der Waals surface area contributed by atoms with Crippen molar-refractivity contribution >= 4 is 0 Å². The van der Waals surface area contributed by atoms with Crippen molar-refractivity contribution in [2.45, 2.75) is 13.0 Å². The van der Waals surface area contributed by atoms with E-state index in [4.69, 9.17) is 9.84 Å². The fraction of sp³-hybridized carbons (Fsp3) is 0.308. The van der Waals surface area contributed by atoms with Gasteiger partial charge in [0, 0.05) is 31.4 Å². The van der Waals surface area contributed by atoms with E-state index >= 15 is 0 Å². The lowest BCUT2D eigenvalue weighted by Gasteiger charge is -2.10. The summed E-state index contributed by atoms with van der Waals surface area (Å²) in [5.41, 5.74) is 0.454. The zero-order valence-electron chi connectivity index (χ0n) is 10.1. The summed E-state index contributed by atoms with van der Waals surface area (Å²) in [6.07, 6.45) is 4.14. The van der Waals surface area contributed by atoms with Crippen molar-refractivity contribution in [2.75, 3.05) is 6.61 Å². The number of benzene rings is 1. The van der Waals surface area contributed by atoms with Crippen LogP contribution in [0.3, 0.4) is 0 Å². The standard InChI is InChI=1S/C13H15FN2O2/c1-16-7-6-15-12(16)5-8-18-13-10(9-17)3-2-4-11(13)14/h2-4,6-7,17H,5,8-9H2,1H3. The largest absolute Gasteiger partial charge is 0.490 e. The van der Waals surface area contributed by atoms with Gasteiger partial charge in [-0.3, -0.25) is 0 Å². The lowest BCUT2D eigenvalue weighted by molar-refractivity contribution is 0.256. The van der Waals surface area contributed by atoms with Crippen molar-refractivity contribution in [1.82, 2.24) is 9.55 Å². The van der Waals surface area contributed by atoms with Crippen LogP contribution in [0.15, 0.2) is 30.6 Å².